The first-order valence-corrected chi connectivity index (χ1v) is 9.53. The summed E-state index contributed by atoms with van der Waals surface area (Å²) in [5.74, 6) is 3.62. The van der Waals surface area contributed by atoms with Crippen LogP contribution in [0, 0.1) is 30.7 Å². The van der Waals surface area contributed by atoms with E-state index in [1.54, 1.807) is 6.07 Å². The summed E-state index contributed by atoms with van der Waals surface area (Å²) in [5.41, 5.74) is 1.70. The molecule has 0 unspecified atom stereocenters. The second kappa shape index (κ2) is 8.26. The number of halogens is 1. The maximum absolute atomic E-state index is 14.5. The number of aromatic nitrogens is 2. The molecular weight excluding hydrogens is 367 g/mol. The lowest BCUT2D eigenvalue weighted by Crippen LogP contribution is -2.32. The first-order chi connectivity index (χ1) is 14.2. The third kappa shape index (κ3) is 3.89. The quantitative estimate of drug-likeness (QED) is 0.655. The minimum Gasteiger partial charge on any atom is -0.408 e. The highest BCUT2D eigenvalue weighted by Gasteiger charge is 2.21. The third-order valence-electron chi connectivity index (χ3n) is 5.17. The molecule has 5 nitrogen and oxygen atoms in total. The molecule has 0 spiro atoms. The number of fused-ring (bicyclic) bond motifs is 1. The van der Waals surface area contributed by atoms with Crippen LogP contribution in [-0.2, 0) is 0 Å². The molecular formula is C23H21FN4O. The lowest BCUT2D eigenvalue weighted by molar-refractivity contribution is 0.308. The second-order valence-electron chi connectivity index (χ2n) is 6.92. The number of hydrogen-bond acceptors (Lipinski definition) is 4. The molecule has 1 aromatic carbocycles. The minimum atomic E-state index is -0.364. The van der Waals surface area contributed by atoms with Crippen LogP contribution >= 0.6 is 0 Å². The van der Waals surface area contributed by atoms with Crippen LogP contribution in [0.2, 0.25) is 0 Å². The molecule has 1 atom stereocenters. The molecule has 0 aliphatic carbocycles. The van der Waals surface area contributed by atoms with Gasteiger partial charge in [0.15, 0.2) is 0 Å². The molecule has 6 heteroatoms. The Morgan fingerprint density at radius 1 is 1.21 bits per heavy atom. The third-order valence-corrected chi connectivity index (χ3v) is 5.17. The molecule has 1 aliphatic heterocycles. The van der Waals surface area contributed by atoms with Gasteiger partial charge in [-0.3, -0.25) is 4.90 Å². The average molecular weight is 388 g/mol. The van der Waals surface area contributed by atoms with Gasteiger partial charge in [0, 0.05) is 36.6 Å². The first-order valence-electron chi connectivity index (χ1n) is 9.53. The van der Waals surface area contributed by atoms with Crippen molar-refractivity contribution in [2.24, 2.45) is 0 Å². The van der Waals surface area contributed by atoms with Gasteiger partial charge in [-0.25, -0.2) is 9.37 Å². The topological polar surface area (TPSA) is 41.8 Å². The van der Waals surface area contributed by atoms with Crippen LogP contribution in [0.15, 0.2) is 42.7 Å². The molecule has 146 valence electrons. The fourth-order valence-electron chi connectivity index (χ4n) is 3.74. The minimum absolute atomic E-state index is 0.227. The Labute approximate surface area is 169 Å². The lowest BCUT2D eigenvalue weighted by Gasteiger charge is -2.20. The number of anilines is 1. The summed E-state index contributed by atoms with van der Waals surface area (Å²) >= 11 is 0. The molecule has 29 heavy (non-hydrogen) atoms. The number of rotatable bonds is 6. The molecule has 1 aliphatic rings. The van der Waals surface area contributed by atoms with Crippen LogP contribution in [0.25, 0.3) is 16.8 Å². The van der Waals surface area contributed by atoms with Crippen molar-refractivity contribution < 1.29 is 9.13 Å². The van der Waals surface area contributed by atoms with Crippen molar-refractivity contribution in [3.8, 4) is 41.8 Å². The maximum atomic E-state index is 14.5. The summed E-state index contributed by atoms with van der Waals surface area (Å²) in [6.07, 6.45) is 18.8. The van der Waals surface area contributed by atoms with Crippen LogP contribution in [0.5, 0.6) is 5.75 Å². The summed E-state index contributed by atoms with van der Waals surface area (Å²) in [4.78, 5) is 6.98. The number of nitrogens with one attached hydrogen (secondary N) is 1. The highest BCUT2D eigenvalue weighted by Crippen LogP contribution is 2.31. The Hall–Kier alpha value is -3.48. The van der Waals surface area contributed by atoms with E-state index in [1.807, 2.05) is 28.9 Å². The molecule has 1 N–H and O–H groups in total. The highest BCUT2D eigenvalue weighted by molar-refractivity contribution is 5.80. The molecule has 1 saturated heterocycles. The molecule has 0 radical (unpaired) electrons. The summed E-state index contributed by atoms with van der Waals surface area (Å²) in [5, 5.41) is 3.34. The summed E-state index contributed by atoms with van der Waals surface area (Å²) in [6, 6.07) is 8.37. The Bertz CT molecular complexity index is 1110. The van der Waals surface area contributed by atoms with E-state index in [0.717, 1.165) is 38.3 Å². The van der Waals surface area contributed by atoms with E-state index in [9.17, 15) is 4.39 Å². The molecule has 0 saturated carbocycles. The van der Waals surface area contributed by atoms with E-state index < -0.39 is 0 Å². The van der Waals surface area contributed by atoms with Crippen molar-refractivity contribution in [3.63, 3.8) is 0 Å². The van der Waals surface area contributed by atoms with E-state index in [-0.39, 0.29) is 11.9 Å². The second-order valence-corrected chi connectivity index (χ2v) is 6.92. The van der Waals surface area contributed by atoms with Gasteiger partial charge in [0.25, 0.3) is 0 Å². The van der Waals surface area contributed by atoms with Gasteiger partial charge in [-0.1, -0.05) is 12.3 Å². The number of terminal acetylenes is 2. The summed E-state index contributed by atoms with van der Waals surface area (Å²) in [6.45, 7) is 2.62. The van der Waals surface area contributed by atoms with Crippen molar-refractivity contribution in [3.05, 3.63) is 48.5 Å². The van der Waals surface area contributed by atoms with Crippen LogP contribution in [0.1, 0.15) is 12.8 Å². The van der Waals surface area contributed by atoms with E-state index >= 15 is 0 Å². The fraction of sp³-hybridized carbons (Fsp3) is 0.261. The van der Waals surface area contributed by atoms with Gasteiger partial charge < -0.3 is 14.5 Å². The van der Waals surface area contributed by atoms with Gasteiger partial charge >= 0.3 is 0 Å². The van der Waals surface area contributed by atoms with Gasteiger partial charge in [-0.05, 0) is 49.7 Å². The number of hydrogen-bond donors (Lipinski definition) is 1. The zero-order chi connectivity index (χ0) is 20.2. The van der Waals surface area contributed by atoms with E-state index in [1.165, 1.54) is 12.1 Å². The van der Waals surface area contributed by atoms with Gasteiger partial charge in [-0.2, -0.15) is 0 Å². The number of benzene rings is 1. The smallest absolute Gasteiger partial charge is 0.147 e. The molecule has 3 heterocycles. The fourth-order valence-corrected chi connectivity index (χ4v) is 3.74. The highest BCUT2D eigenvalue weighted by atomic mass is 19.1. The van der Waals surface area contributed by atoms with Crippen molar-refractivity contribution in [2.45, 2.75) is 18.9 Å². The SMILES string of the molecule is C#COc1ccc(F)c(-c2ccn3ccc(NCCN4CCC[C@H]4C#C)nc23)c1. The van der Waals surface area contributed by atoms with E-state index in [2.05, 4.69) is 27.2 Å². The Kier molecular flexibility index (Phi) is 5.37. The van der Waals surface area contributed by atoms with Crippen molar-refractivity contribution >= 4 is 11.5 Å². The predicted molar refractivity (Wildman–Crippen MR) is 112 cm³/mol. The number of likely N-dealkylation sites (tertiary alicyclic amines) is 1. The molecule has 3 aromatic rings. The Balaban J connectivity index is 1.55. The summed E-state index contributed by atoms with van der Waals surface area (Å²) < 4.78 is 21.4. The molecule has 0 bridgehead atoms. The monoisotopic (exact) mass is 388 g/mol. The zero-order valence-corrected chi connectivity index (χ0v) is 15.9. The van der Waals surface area contributed by atoms with Gasteiger partial charge in [0.05, 0.1) is 6.04 Å². The lowest BCUT2D eigenvalue weighted by atomic mass is 10.1. The summed E-state index contributed by atoms with van der Waals surface area (Å²) in [7, 11) is 0. The van der Waals surface area contributed by atoms with Crippen LogP contribution in [0.3, 0.4) is 0 Å². The van der Waals surface area contributed by atoms with Gasteiger partial charge in [0.2, 0.25) is 0 Å². The molecule has 2 aromatic heterocycles. The van der Waals surface area contributed by atoms with Crippen molar-refractivity contribution in [1.82, 2.24) is 14.3 Å². The Morgan fingerprint density at radius 2 is 2.07 bits per heavy atom. The normalized spacial score (nSPS) is 16.4. The standard InChI is InChI=1S/C23H21FN4O/c1-3-17-6-5-12-27(17)15-11-25-22-10-14-28-13-9-19(23(28)26-22)20-16-18(29-4-2)7-8-21(20)24/h1-2,7-10,13-14,16-17H,5-6,11-12,15H2,(H,25,26)/t17-/m1/s1. The van der Waals surface area contributed by atoms with Crippen molar-refractivity contribution in [2.75, 3.05) is 25.0 Å². The van der Waals surface area contributed by atoms with E-state index in [0.29, 0.717) is 22.5 Å². The zero-order valence-electron chi connectivity index (χ0n) is 15.9. The van der Waals surface area contributed by atoms with Crippen LogP contribution in [0.4, 0.5) is 10.2 Å². The van der Waals surface area contributed by atoms with Crippen LogP contribution in [-0.4, -0.2) is 40.0 Å². The maximum Gasteiger partial charge on any atom is 0.147 e. The number of ether oxygens (including phenoxy) is 1. The first kappa shape index (κ1) is 18.9. The Morgan fingerprint density at radius 3 is 2.90 bits per heavy atom. The molecule has 1 fully saturated rings. The number of nitrogens with zero attached hydrogens (tertiary/aromatic N) is 3. The predicted octanol–water partition coefficient (Wildman–Crippen LogP) is 3.62. The molecule has 4 rings (SSSR count). The van der Waals surface area contributed by atoms with E-state index in [4.69, 9.17) is 17.6 Å². The molecule has 0 amide bonds. The average Bonchev–Trinajstić information content (AvgIpc) is 3.36. The van der Waals surface area contributed by atoms with Gasteiger partial charge in [-0.15, -0.1) is 6.42 Å². The van der Waals surface area contributed by atoms with Crippen LogP contribution < -0.4 is 10.1 Å². The largest absolute Gasteiger partial charge is 0.408 e. The van der Waals surface area contributed by atoms with Gasteiger partial charge in [0.1, 0.15) is 29.1 Å². The van der Waals surface area contributed by atoms with Crippen molar-refractivity contribution in [1.29, 1.82) is 0 Å².